The Kier molecular flexibility index (Phi) is 2.97. The predicted octanol–water partition coefficient (Wildman–Crippen LogP) is 0.545. The van der Waals surface area contributed by atoms with Crippen molar-refractivity contribution in [2.45, 2.75) is 13.1 Å². The van der Waals surface area contributed by atoms with Crippen LogP contribution in [0.25, 0.3) is 0 Å². The Morgan fingerprint density at radius 3 is 3.00 bits per heavy atom. The number of thiophene rings is 1. The van der Waals surface area contributed by atoms with Crippen molar-refractivity contribution >= 4 is 17.3 Å². The van der Waals surface area contributed by atoms with Gasteiger partial charge in [-0.1, -0.05) is 11.3 Å². The third-order valence-electron chi connectivity index (χ3n) is 2.12. The van der Waals surface area contributed by atoms with Crippen molar-refractivity contribution in [3.05, 3.63) is 33.8 Å². The molecule has 0 fully saturated rings. The largest absolute Gasteiger partial charge is 0.476 e. The summed E-state index contributed by atoms with van der Waals surface area (Å²) in [5.41, 5.74) is 5.88. The van der Waals surface area contributed by atoms with E-state index in [-0.39, 0.29) is 12.2 Å². The Morgan fingerprint density at radius 2 is 2.44 bits per heavy atom. The maximum Gasteiger partial charge on any atom is 0.358 e. The minimum atomic E-state index is -1.10. The minimum absolute atomic E-state index is 0.0703. The van der Waals surface area contributed by atoms with Crippen LogP contribution in [0.4, 0.5) is 0 Å². The van der Waals surface area contributed by atoms with Crippen LogP contribution in [-0.4, -0.2) is 26.1 Å². The van der Waals surface area contributed by atoms with Gasteiger partial charge in [0.15, 0.2) is 5.69 Å². The first-order chi connectivity index (χ1) is 7.72. The lowest BCUT2D eigenvalue weighted by molar-refractivity contribution is 0.0689. The maximum absolute atomic E-state index is 10.8. The highest BCUT2D eigenvalue weighted by molar-refractivity contribution is 7.09. The second kappa shape index (κ2) is 4.42. The fourth-order valence-electron chi connectivity index (χ4n) is 1.38. The molecule has 7 heteroatoms. The average Bonchev–Trinajstić information content (AvgIpc) is 2.87. The van der Waals surface area contributed by atoms with Gasteiger partial charge in [-0.3, -0.25) is 0 Å². The first kappa shape index (κ1) is 10.8. The second-order valence-electron chi connectivity index (χ2n) is 3.13. The lowest BCUT2D eigenvalue weighted by Crippen LogP contribution is -2.12. The zero-order chi connectivity index (χ0) is 11.5. The summed E-state index contributed by atoms with van der Waals surface area (Å²) in [4.78, 5) is 11.9. The van der Waals surface area contributed by atoms with Gasteiger partial charge in [-0.25, -0.2) is 9.48 Å². The first-order valence-corrected chi connectivity index (χ1v) is 5.48. The Balaban J connectivity index is 2.31. The van der Waals surface area contributed by atoms with E-state index in [2.05, 4.69) is 10.3 Å². The number of hydrogen-bond acceptors (Lipinski definition) is 5. The Bertz CT molecular complexity index is 492. The van der Waals surface area contributed by atoms with Crippen molar-refractivity contribution < 1.29 is 9.90 Å². The fraction of sp³-hybridized carbons (Fsp3) is 0.222. The molecule has 0 aliphatic heterocycles. The monoisotopic (exact) mass is 238 g/mol. The molecule has 84 valence electrons. The molecule has 0 radical (unpaired) electrons. The molecule has 0 atom stereocenters. The second-order valence-corrected chi connectivity index (χ2v) is 4.16. The molecule has 16 heavy (non-hydrogen) atoms. The molecule has 6 nitrogen and oxygen atoms in total. The summed E-state index contributed by atoms with van der Waals surface area (Å²) in [5.74, 6) is -1.10. The van der Waals surface area contributed by atoms with Gasteiger partial charge in [-0.2, -0.15) is 0 Å². The summed E-state index contributed by atoms with van der Waals surface area (Å²) in [6, 6.07) is 3.88. The molecule has 2 aromatic heterocycles. The molecule has 2 heterocycles. The lowest BCUT2D eigenvalue weighted by atomic mass is 10.3. The van der Waals surface area contributed by atoms with Crippen molar-refractivity contribution in [2.24, 2.45) is 5.73 Å². The van der Waals surface area contributed by atoms with Crippen molar-refractivity contribution in [1.29, 1.82) is 0 Å². The summed E-state index contributed by atoms with van der Waals surface area (Å²) in [5, 5.41) is 18.2. The van der Waals surface area contributed by atoms with Gasteiger partial charge in [0.2, 0.25) is 0 Å². The molecule has 2 rings (SSSR count). The Hall–Kier alpha value is -1.73. The molecule has 3 N–H and O–H groups in total. The fourth-order valence-corrected chi connectivity index (χ4v) is 2.06. The number of nitrogens with two attached hydrogens (primary N) is 1. The lowest BCUT2D eigenvalue weighted by Gasteiger charge is -2.02. The quantitative estimate of drug-likeness (QED) is 0.811. The van der Waals surface area contributed by atoms with E-state index in [0.717, 1.165) is 4.88 Å². The third kappa shape index (κ3) is 1.95. The van der Waals surface area contributed by atoms with Crippen LogP contribution in [0.2, 0.25) is 0 Å². The van der Waals surface area contributed by atoms with Crippen LogP contribution in [-0.2, 0) is 13.1 Å². The molecule has 0 unspecified atom stereocenters. The van der Waals surface area contributed by atoms with Crippen molar-refractivity contribution in [1.82, 2.24) is 15.0 Å². The smallest absolute Gasteiger partial charge is 0.358 e. The Labute approximate surface area is 95.3 Å². The van der Waals surface area contributed by atoms with Gasteiger partial charge in [-0.15, -0.1) is 16.4 Å². The standard InChI is InChI=1S/C9H10N4O2S/c10-4-7-8(9(14)15)11-12-13(7)5-6-2-1-3-16-6/h1-3H,4-5,10H2,(H,14,15). The third-order valence-corrected chi connectivity index (χ3v) is 2.98. The van der Waals surface area contributed by atoms with E-state index in [4.69, 9.17) is 10.8 Å². The SMILES string of the molecule is NCc1c(C(=O)O)nnn1Cc1cccs1. The number of carbonyl (C=O) groups is 1. The molecule has 0 aromatic carbocycles. The van der Waals surface area contributed by atoms with E-state index in [1.54, 1.807) is 11.3 Å². The van der Waals surface area contributed by atoms with E-state index in [0.29, 0.717) is 12.2 Å². The molecule has 2 aromatic rings. The summed E-state index contributed by atoms with van der Waals surface area (Å²) < 4.78 is 1.52. The van der Waals surface area contributed by atoms with Crippen LogP contribution < -0.4 is 5.73 Å². The summed E-state index contributed by atoms with van der Waals surface area (Å²) in [6.45, 7) is 0.616. The van der Waals surface area contributed by atoms with Gasteiger partial charge < -0.3 is 10.8 Å². The highest BCUT2D eigenvalue weighted by atomic mass is 32.1. The van der Waals surface area contributed by atoms with Crippen LogP contribution in [0.15, 0.2) is 17.5 Å². The van der Waals surface area contributed by atoms with Gasteiger partial charge >= 0.3 is 5.97 Å². The zero-order valence-corrected chi connectivity index (χ0v) is 9.15. The van der Waals surface area contributed by atoms with Gasteiger partial charge in [0.25, 0.3) is 0 Å². The van der Waals surface area contributed by atoms with Crippen molar-refractivity contribution in [3.63, 3.8) is 0 Å². The van der Waals surface area contributed by atoms with Crippen LogP contribution in [0.5, 0.6) is 0 Å². The van der Waals surface area contributed by atoms with Crippen LogP contribution in [0.3, 0.4) is 0 Å². The average molecular weight is 238 g/mol. The minimum Gasteiger partial charge on any atom is -0.476 e. The summed E-state index contributed by atoms with van der Waals surface area (Å²) in [6.07, 6.45) is 0. The number of carboxylic acids is 1. The van der Waals surface area contributed by atoms with Crippen LogP contribution in [0.1, 0.15) is 21.1 Å². The number of aromatic carboxylic acids is 1. The molecule has 0 aliphatic carbocycles. The normalized spacial score (nSPS) is 10.6. The first-order valence-electron chi connectivity index (χ1n) is 4.60. The molecular weight excluding hydrogens is 228 g/mol. The van der Waals surface area contributed by atoms with E-state index in [9.17, 15) is 4.79 Å². The Morgan fingerprint density at radius 1 is 1.62 bits per heavy atom. The van der Waals surface area contributed by atoms with E-state index < -0.39 is 5.97 Å². The van der Waals surface area contributed by atoms with Gasteiger partial charge in [0, 0.05) is 11.4 Å². The number of carboxylic acid groups (broad SMARTS) is 1. The van der Waals surface area contributed by atoms with Crippen molar-refractivity contribution in [2.75, 3.05) is 0 Å². The van der Waals surface area contributed by atoms with Gasteiger partial charge in [0.1, 0.15) is 0 Å². The van der Waals surface area contributed by atoms with Crippen LogP contribution in [0, 0.1) is 0 Å². The van der Waals surface area contributed by atoms with Crippen LogP contribution >= 0.6 is 11.3 Å². The number of rotatable bonds is 4. The number of aromatic nitrogens is 3. The molecule has 0 amide bonds. The van der Waals surface area contributed by atoms with E-state index >= 15 is 0 Å². The van der Waals surface area contributed by atoms with E-state index in [1.807, 2.05) is 17.5 Å². The van der Waals surface area contributed by atoms with Gasteiger partial charge in [0.05, 0.1) is 12.2 Å². The van der Waals surface area contributed by atoms with E-state index in [1.165, 1.54) is 4.68 Å². The van der Waals surface area contributed by atoms with Gasteiger partial charge in [-0.05, 0) is 11.4 Å². The number of hydrogen-bond donors (Lipinski definition) is 2. The summed E-state index contributed by atoms with van der Waals surface area (Å²) in [7, 11) is 0. The highest BCUT2D eigenvalue weighted by Crippen LogP contribution is 2.12. The van der Waals surface area contributed by atoms with Crippen molar-refractivity contribution in [3.8, 4) is 0 Å². The molecule has 0 saturated carbocycles. The number of nitrogens with zero attached hydrogens (tertiary/aromatic N) is 3. The predicted molar refractivity (Wildman–Crippen MR) is 58.3 cm³/mol. The maximum atomic E-state index is 10.8. The topological polar surface area (TPSA) is 94.0 Å². The highest BCUT2D eigenvalue weighted by Gasteiger charge is 2.17. The molecule has 0 saturated heterocycles. The molecule has 0 aliphatic rings. The zero-order valence-electron chi connectivity index (χ0n) is 8.33. The molecule has 0 spiro atoms. The molecule has 0 bridgehead atoms. The molecular formula is C9H10N4O2S. The summed E-state index contributed by atoms with van der Waals surface area (Å²) >= 11 is 1.58.